The van der Waals surface area contributed by atoms with Gasteiger partial charge in [-0.25, -0.2) is 33.6 Å². The van der Waals surface area contributed by atoms with Crippen LogP contribution in [0, 0.1) is 11.8 Å². The fourth-order valence-corrected chi connectivity index (χ4v) is 15.9. The Labute approximate surface area is 820 Å². The monoisotopic (exact) mass is 2020 g/mol. The number of unbranched alkanes of at least 4 members (excludes halogenated alkanes) is 1. The highest BCUT2D eigenvalue weighted by Gasteiger charge is 2.58. The highest BCUT2D eigenvalue weighted by Crippen LogP contribution is 2.41. The van der Waals surface area contributed by atoms with E-state index in [9.17, 15) is 89.4 Å². The van der Waals surface area contributed by atoms with E-state index in [4.69, 9.17) is 95.7 Å². The molecule has 22 N–H and O–H groups in total. The van der Waals surface area contributed by atoms with Gasteiger partial charge in [-0.1, -0.05) is 51.5 Å². The van der Waals surface area contributed by atoms with E-state index in [1.54, 1.807) is 178 Å². The molecule has 0 unspecified atom stereocenters. The maximum Gasteiger partial charge on any atom is 0.408 e. The summed E-state index contributed by atoms with van der Waals surface area (Å²) < 4.78 is 112. The number of likely N-dealkylation sites (N-methyl/N-ethyl adjacent to an activating group) is 2. The van der Waals surface area contributed by atoms with E-state index in [-0.39, 0.29) is 31.5 Å². The van der Waals surface area contributed by atoms with Crippen LogP contribution in [0.25, 0.3) is 0 Å². The van der Waals surface area contributed by atoms with Crippen LogP contribution in [0.2, 0.25) is 0 Å². The largest absolute Gasteiger partial charge is 0.444 e. The van der Waals surface area contributed by atoms with Crippen molar-refractivity contribution in [2.45, 2.75) is 434 Å². The Balaban J connectivity index is 0.000000384. The van der Waals surface area contributed by atoms with Crippen LogP contribution in [0.15, 0.2) is 24.3 Å². The maximum atomic E-state index is 13.0. The minimum atomic E-state index is -1.77. The third kappa shape index (κ3) is 39.4. The van der Waals surface area contributed by atoms with Crippen LogP contribution in [0.4, 0.5) is 33.6 Å². The second-order valence-corrected chi connectivity index (χ2v) is 42.8. The van der Waals surface area contributed by atoms with Crippen LogP contribution in [0.3, 0.4) is 0 Å². The van der Waals surface area contributed by atoms with Crippen LogP contribution in [0.5, 0.6) is 0 Å². The van der Waals surface area contributed by atoms with E-state index in [1.165, 1.54) is 0 Å². The normalized spacial score (nSPS) is 34.8. The van der Waals surface area contributed by atoms with Crippen LogP contribution in [0.1, 0.15) is 198 Å². The lowest BCUT2D eigenvalue weighted by molar-refractivity contribution is -0.290. The predicted octanol–water partition coefficient (Wildman–Crippen LogP) is 0.944. The zero-order chi connectivity index (χ0) is 105. The highest BCUT2D eigenvalue weighted by atomic mass is 16.8. The molecule has 0 radical (unpaired) electrons. The number of ether oxygens (including phenoxy) is 19. The number of carbonyl (C=O) groups excluding carboxylic acids is 8. The Morgan fingerprint density at radius 3 is 1.01 bits per heavy atom. The van der Waals surface area contributed by atoms with E-state index in [2.05, 4.69) is 60.1 Å². The van der Waals surface area contributed by atoms with Gasteiger partial charge in [0.05, 0.1) is 49.8 Å². The van der Waals surface area contributed by atoms with E-state index >= 15 is 0 Å². The minimum Gasteiger partial charge on any atom is -0.444 e. The molecule has 2 saturated carbocycles. The van der Waals surface area contributed by atoms with Gasteiger partial charge in [-0.15, -0.1) is 0 Å². The molecule has 0 aromatic heterocycles. The number of alkyl carbamates (subject to hydrolysis) is 7. The third-order valence-corrected chi connectivity index (χ3v) is 22.3. The molecule has 34 atom stereocenters. The molecule has 6 heterocycles. The first-order valence-electron chi connectivity index (χ1n) is 47.9. The summed E-state index contributed by atoms with van der Waals surface area (Å²) in [6, 6.07) is -5.73. The molecule has 6 aliphatic heterocycles. The molecule has 2 aliphatic carbocycles. The van der Waals surface area contributed by atoms with Crippen LogP contribution >= 0.6 is 0 Å². The molecular formula is C92H165N11O37. The van der Waals surface area contributed by atoms with Gasteiger partial charge in [0.2, 0.25) is 0 Å². The quantitative estimate of drug-likeness (QED) is 0.0188. The summed E-state index contributed by atoms with van der Waals surface area (Å²) in [6.07, 6.45) is -29.8. The summed E-state index contributed by atoms with van der Waals surface area (Å²) in [5.74, 6) is -0.648. The summed E-state index contributed by atoms with van der Waals surface area (Å²) in [7, 11) is 3.35. The Morgan fingerprint density at radius 1 is 0.364 bits per heavy atom. The number of carbonyl (C=O) groups is 8. The molecule has 8 aliphatic rings. The SMILES string of the molecule is CC(C)(C)OC(=O)NCCC=O.CCCCNC[C@@H]1C=C[C@@H](NC(=O)OC(C)(C)C)[C@@H](O[C@H]2[C@H](O[C@@H]3O[C@H](CO)[C@@H](O[C@H]4O[C@@H](CNC(=O)OC(C)(C)C)[C@@H](O)[C@H](O)[C@H]4NC(=O)OC(C)(C)C)[C@H]3O)[C@@H](O)[C@H](NC)C[C@@H]2C)O1.CN[C@@H]1C[C@H](C)[C@@H](O[C@H]2O[C@H](CN)C=C[C@H]2NC(=O)OC(C)(C)C)[C@H](O[C@@H]2O[C@H](CO)[C@@H](O[C@H]3O[C@@H](CNC(=O)OC(C)(C)C)[C@@H](O)[C@H](O)[C@H]3NC(=O)OC(C)(C)C)[C@H]2O)[C@H]1O. The van der Waals surface area contributed by atoms with Gasteiger partial charge in [0.25, 0.3) is 0 Å². The summed E-state index contributed by atoms with van der Waals surface area (Å²) in [5.41, 5.74) is 0.250. The van der Waals surface area contributed by atoms with E-state index in [1.807, 2.05) is 19.9 Å². The lowest BCUT2D eigenvalue weighted by Gasteiger charge is -2.46. The number of rotatable bonds is 33. The van der Waals surface area contributed by atoms with Gasteiger partial charge in [0, 0.05) is 51.2 Å². The lowest BCUT2D eigenvalue weighted by Crippen LogP contribution is -2.66. The number of aliphatic hydroxyl groups excluding tert-OH is 10. The summed E-state index contributed by atoms with van der Waals surface area (Å²) >= 11 is 0. The van der Waals surface area contributed by atoms with Crippen molar-refractivity contribution >= 4 is 48.9 Å². The molecular weight excluding hydrogens is 1850 g/mol. The number of hydrogen-bond acceptors (Lipinski definition) is 41. The zero-order valence-electron chi connectivity index (χ0n) is 85.8. The van der Waals surface area contributed by atoms with Gasteiger partial charge in [0.1, 0.15) is 155 Å². The van der Waals surface area contributed by atoms with Crippen molar-refractivity contribution < 1.29 is 179 Å². The number of aldehydes is 1. The maximum absolute atomic E-state index is 13.0. The minimum absolute atomic E-state index is 0.0992. The smallest absolute Gasteiger partial charge is 0.408 e. The second-order valence-electron chi connectivity index (χ2n) is 42.8. The fraction of sp³-hybridized carbons (Fsp3) is 0.870. The standard InChI is InChI=1S/C44H79N5O17.C40H71N5O17.C8H15NO3/c1-13-14-17-46-19-23-15-16-24(48-40(56)65-43(6,7)8)36(58-23)61-33-22(2)18-25(45-12)29(51)35(33)63-38-32(54)34(27(21-50)60-38)62-37-28(49-41(57)66-44(9,10)11)31(53)30(52)26(59-37)20-47-39(55)64-42(3,4)5;1-18-14-21(42-11)25(47)31(29(18)57-32-20(13-12-19(15-41)54-32)44-36(52)61-39(5,6)7)59-34-28(50)30(23(17-46)56-34)58-33-24(45-37(53)62-40(8,9)10)27(49)26(48)22(55-33)16-43-35(51)60-38(2,3)4;1-8(2,3)12-7(11)9-5-4-6-10/h15-16,22-38,45-46,50-54H,13-14,17-21H2,1-12H3,(H,47,55)(H,48,56)(H,49,57);12-13,18-34,42,46-50H,14-17,41H2,1-11H3,(H,43,51)(H,44,52)(H,45,53);6H,4-5H2,1-3H3,(H,9,11)/t22-,23-,24+,25+,26-,27+,28+,29-,30+,31+,32+,33+,34+,35+,36+,37+,38-;18-,19-,20+,21+,22-,23+,24+,25-,26+,27+,28+,29+,30+,31+,32+,33+,34-;/m00./s1. The number of aliphatic hydroxyl groups is 10. The van der Waals surface area contributed by atoms with Gasteiger partial charge < -0.3 is 205 Å². The average molecular weight is 2020 g/mol. The Bertz CT molecular complexity index is 3870. The van der Waals surface area contributed by atoms with Gasteiger partial charge in [-0.05, 0) is 197 Å². The summed E-state index contributed by atoms with van der Waals surface area (Å²) in [5, 5.41) is 141. The lowest BCUT2D eigenvalue weighted by atomic mass is 9.80. The zero-order valence-corrected chi connectivity index (χ0v) is 85.8. The second kappa shape index (κ2) is 53.9. The first-order chi connectivity index (χ1) is 64.9. The fourth-order valence-electron chi connectivity index (χ4n) is 15.9. The number of amides is 7. The van der Waals surface area contributed by atoms with Gasteiger partial charge in [-0.2, -0.15) is 0 Å². The van der Waals surface area contributed by atoms with Gasteiger partial charge >= 0.3 is 42.7 Å². The van der Waals surface area contributed by atoms with E-state index < -0.39 is 291 Å². The van der Waals surface area contributed by atoms with Crippen molar-refractivity contribution in [2.75, 3.05) is 66.6 Å². The third-order valence-electron chi connectivity index (χ3n) is 22.3. The van der Waals surface area contributed by atoms with Crippen molar-refractivity contribution in [3.05, 3.63) is 24.3 Å². The molecule has 6 fully saturated rings. The van der Waals surface area contributed by atoms with Crippen molar-refractivity contribution in [3.8, 4) is 0 Å². The van der Waals surface area contributed by atoms with Crippen LogP contribution in [-0.2, 0) is 94.8 Å². The Morgan fingerprint density at radius 2 is 0.679 bits per heavy atom. The van der Waals surface area contributed by atoms with E-state index in [0.29, 0.717) is 32.4 Å². The van der Waals surface area contributed by atoms with Gasteiger partial charge in [-0.3, -0.25) is 0 Å². The molecule has 0 aromatic rings. The average Bonchev–Trinajstić information content (AvgIpc) is 1.59. The molecule has 4 saturated heterocycles. The molecule has 0 bridgehead atoms. The molecule has 140 heavy (non-hydrogen) atoms. The van der Waals surface area contributed by atoms with Gasteiger partial charge in [0.15, 0.2) is 37.7 Å². The van der Waals surface area contributed by atoms with Crippen LogP contribution < -0.4 is 58.9 Å². The van der Waals surface area contributed by atoms with Crippen molar-refractivity contribution in [2.24, 2.45) is 17.6 Å². The molecule has 810 valence electrons. The predicted molar refractivity (Wildman–Crippen MR) is 498 cm³/mol. The molecule has 7 amide bonds. The van der Waals surface area contributed by atoms with Crippen molar-refractivity contribution in [1.29, 1.82) is 0 Å². The molecule has 0 spiro atoms. The number of hydrogen-bond donors (Lipinski definition) is 21. The number of nitrogens with one attached hydrogen (secondary N) is 10. The number of nitrogens with two attached hydrogens (primary N) is 1. The van der Waals surface area contributed by atoms with Crippen molar-refractivity contribution in [1.82, 2.24) is 53.2 Å². The molecule has 48 nitrogen and oxygen atoms in total. The van der Waals surface area contributed by atoms with Crippen molar-refractivity contribution in [3.63, 3.8) is 0 Å². The topological polar surface area (TPSA) is 661 Å². The first-order valence-corrected chi connectivity index (χ1v) is 47.9. The Hall–Kier alpha value is -7.00. The first kappa shape index (κ1) is 122. The molecule has 0 aromatic carbocycles. The summed E-state index contributed by atoms with van der Waals surface area (Å²) in [4.78, 5) is 97.6. The highest BCUT2D eigenvalue weighted by molar-refractivity contribution is 5.71. The Kier molecular flexibility index (Phi) is 46.9. The van der Waals surface area contributed by atoms with E-state index in [0.717, 1.165) is 25.7 Å². The van der Waals surface area contributed by atoms with Crippen LogP contribution in [-0.4, -0.2) is 402 Å². The summed E-state index contributed by atoms with van der Waals surface area (Å²) in [6.45, 7) is 40.8. The molecule has 8 rings (SSSR count). The molecule has 48 heteroatoms.